The van der Waals surface area contributed by atoms with E-state index in [9.17, 15) is 19.7 Å². The molecule has 4 rings (SSSR count). The van der Waals surface area contributed by atoms with Gasteiger partial charge in [-0.3, -0.25) is 24.0 Å². The van der Waals surface area contributed by atoms with E-state index in [1.807, 2.05) is 41.8 Å². The number of fused-ring (bicyclic) bond motifs is 1. The highest BCUT2D eigenvalue weighted by Gasteiger charge is 2.22. The number of aryl methyl sites for hydroxylation is 2. The molecule has 4 aromatic rings. The van der Waals surface area contributed by atoms with E-state index in [1.54, 1.807) is 23.8 Å². The van der Waals surface area contributed by atoms with Gasteiger partial charge >= 0.3 is 5.69 Å². The fraction of sp³-hybridized carbons (Fsp3) is 0.393. The Kier molecular flexibility index (Phi) is 9.40. The molecule has 0 radical (unpaired) electrons. The van der Waals surface area contributed by atoms with E-state index in [0.717, 1.165) is 17.7 Å². The number of methoxy groups -OCH3 is 1. The quantitative estimate of drug-likeness (QED) is 0.150. The van der Waals surface area contributed by atoms with Crippen molar-refractivity contribution in [3.8, 4) is 0 Å². The summed E-state index contributed by atoms with van der Waals surface area (Å²) < 4.78 is 9.92. The number of likely N-dealkylation sites (N-methyl/N-ethyl adjacent to an activating group) is 1. The predicted molar refractivity (Wildman–Crippen MR) is 149 cm³/mol. The van der Waals surface area contributed by atoms with E-state index in [-0.39, 0.29) is 24.3 Å². The second-order valence-corrected chi connectivity index (χ2v) is 9.28. The van der Waals surface area contributed by atoms with E-state index in [1.165, 1.54) is 16.7 Å². The Labute approximate surface area is 225 Å². The fourth-order valence-electron chi connectivity index (χ4n) is 4.65. The molecule has 0 saturated carbocycles. The molecule has 0 amide bonds. The lowest BCUT2D eigenvalue weighted by atomic mass is 10.1. The lowest BCUT2D eigenvalue weighted by Crippen LogP contribution is -2.41. The number of nitro groups is 1. The summed E-state index contributed by atoms with van der Waals surface area (Å²) in [5, 5.41) is 14.3. The summed E-state index contributed by atoms with van der Waals surface area (Å²) in [6.45, 7) is 4.91. The zero-order valence-electron chi connectivity index (χ0n) is 22.3. The van der Waals surface area contributed by atoms with Gasteiger partial charge in [0.05, 0.1) is 4.92 Å². The van der Waals surface area contributed by atoms with Gasteiger partial charge in [-0.05, 0) is 30.5 Å². The summed E-state index contributed by atoms with van der Waals surface area (Å²) in [7, 11) is 1.58. The Bertz CT molecular complexity index is 1520. The van der Waals surface area contributed by atoms with E-state index in [4.69, 9.17) is 9.72 Å². The summed E-state index contributed by atoms with van der Waals surface area (Å²) in [5.74, 6) is 0.712. The summed E-state index contributed by atoms with van der Waals surface area (Å²) in [4.78, 5) is 42.8. The largest absolute Gasteiger partial charge is 0.385 e. The van der Waals surface area contributed by atoms with E-state index >= 15 is 0 Å². The van der Waals surface area contributed by atoms with E-state index < -0.39 is 10.6 Å². The van der Waals surface area contributed by atoms with Crippen LogP contribution >= 0.6 is 0 Å². The minimum atomic E-state index is -0.442. The molecule has 2 aromatic heterocycles. The van der Waals surface area contributed by atoms with Crippen LogP contribution in [-0.4, -0.2) is 50.4 Å². The summed E-state index contributed by atoms with van der Waals surface area (Å²) in [5.41, 5.74) is 1.88. The second-order valence-electron chi connectivity index (χ2n) is 9.28. The molecule has 11 heteroatoms. The van der Waals surface area contributed by atoms with Crippen LogP contribution in [0.1, 0.15) is 30.3 Å². The van der Waals surface area contributed by atoms with Gasteiger partial charge in [0.2, 0.25) is 0 Å². The number of hydrogen-bond acceptors (Lipinski definition) is 7. The normalized spacial score (nSPS) is 11.3. The first-order valence-electron chi connectivity index (χ1n) is 13.1. The van der Waals surface area contributed by atoms with Crippen molar-refractivity contribution in [1.29, 1.82) is 0 Å². The summed E-state index contributed by atoms with van der Waals surface area (Å²) in [6, 6.07) is 16.2. The van der Waals surface area contributed by atoms with Gasteiger partial charge in [-0.15, -0.1) is 0 Å². The van der Waals surface area contributed by atoms with Gasteiger partial charge in [0, 0.05) is 58.4 Å². The van der Waals surface area contributed by atoms with Crippen molar-refractivity contribution in [2.75, 3.05) is 26.8 Å². The smallest absolute Gasteiger partial charge is 0.332 e. The number of benzene rings is 2. The van der Waals surface area contributed by atoms with Crippen LogP contribution < -0.4 is 16.6 Å². The highest BCUT2D eigenvalue weighted by atomic mass is 16.6. The van der Waals surface area contributed by atoms with Gasteiger partial charge in [-0.25, -0.2) is 9.78 Å². The molecular weight excluding hydrogens is 500 g/mol. The molecule has 0 aliphatic heterocycles. The number of nitrogens with one attached hydrogen (secondary N) is 1. The standard InChI is InChI=1S/C28H34N6O5/c1-3-29-15-18-31-24(20-22-8-5-4-6-9-22)30-26-25(31)27(35)33(16-7-19-39-2)28(36)32(26)17-14-21-10-12-23(13-11-21)34(37)38/h4-6,8-13,29H,3,7,14-20H2,1-2H3. The van der Waals surface area contributed by atoms with Crippen LogP contribution in [-0.2, 0) is 37.2 Å². The van der Waals surface area contributed by atoms with Gasteiger partial charge in [0.25, 0.3) is 11.2 Å². The van der Waals surface area contributed by atoms with Crippen molar-refractivity contribution in [2.45, 2.75) is 45.8 Å². The number of rotatable bonds is 14. The van der Waals surface area contributed by atoms with Crippen LogP contribution in [0, 0.1) is 10.1 Å². The van der Waals surface area contributed by atoms with Gasteiger partial charge in [0.15, 0.2) is 11.2 Å². The van der Waals surface area contributed by atoms with Crippen molar-refractivity contribution in [2.24, 2.45) is 0 Å². The molecular formula is C28H34N6O5. The van der Waals surface area contributed by atoms with Crippen LogP contribution in [0.5, 0.6) is 0 Å². The minimum absolute atomic E-state index is 0.00925. The van der Waals surface area contributed by atoms with E-state index in [0.29, 0.717) is 55.9 Å². The Balaban J connectivity index is 1.82. The monoisotopic (exact) mass is 534 g/mol. The van der Waals surface area contributed by atoms with Crippen LogP contribution in [0.15, 0.2) is 64.2 Å². The van der Waals surface area contributed by atoms with Crippen molar-refractivity contribution in [3.05, 3.63) is 103 Å². The first-order valence-corrected chi connectivity index (χ1v) is 13.1. The Hall–Kier alpha value is -4.09. The average molecular weight is 535 g/mol. The number of nitro benzene ring substituents is 1. The molecule has 0 spiro atoms. The highest BCUT2D eigenvalue weighted by molar-refractivity contribution is 5.71. The molecule has 0 fully saturated rings. The molecule has 39 heavy (non-hydrogen) atoms. The molecule has 0 unspecified atom stereocenters. The maximum atomic E-state index is 13.8. The second kappa shape index (κ2) is 13.1. The molecule has 1 N–H and O–H groups in total. The van der Waals surface area contributed by atoms with Crippen molar-refractivity contribution >= 4 is 16.9 Å². The maximum Gasteiger partial charge on any atom is 0.332 e. The van der Waals surface area contributed by atoms with Crippen molar-refractivity contribution in [1.82, 2.24) is 24.0 Å². The van der Waals surface area contributed by atoms with Crippen molar-refractivity contribution in [3.63, 3.8) is 0 Å². The third-order valence-electron chi connectivity index (χ3n) is 6.66. The predicted octanol–water partition coefficient (Wildman–Crippen LogP) is 2.75. The number of imidazole rings is 1. The molecule has 2 heterocycles. The van der Waals surface area contributed by atoms with Gasteiger partial charge in [-0.1, -0.05) is 49.4 Å². The molecule has 11 nitrogen and oxygen atoms in total. The Morgan fingerprint density at radius 2 is 1.69 bits per heavy atom. The fourth-order valence-corrected chi connectivity index (χ4v) is 4.65. The molecule has 0 atom stereocenters. The van der Waals surface area contributed by atoms with Gasteiger partial charge in [0.1, 0.15) is 5.82 Å². The highest BCUT2D eigenvalue weighted by Crippen LogP contribution is 2.17. The number of non-ortho nitro benzene ring substituents is 1. The average Bonchev–Trinajstić information content (AvgIpc) is 3.29. The van der Waals surface area contributed by atoms with Crippen LogP contribution in [0.25, 0.3) is 11.2 Å². The molecule has 0 aliphatic rings. The topological polar surface area (TPSA) is 126 Å². The summed E-state index contributed by atoms with van der Waals surface area (Å²) in [6.07, 6.45) is 1.48. The number of aromatic nitrogens is 4. The van der Waals surface area contributed by atoms with Crippen LogP contribution in [0.4, 0.5) is 5.69 Å². The summed E-state index contributed by atoms with van der Waals surface area (Å²) >= 11 is 0. The third-order valence-corrected chi connectivity index (χ3v) is 6.66. The molecule has 2 aromatic carbocycles. The molecule has 206 valence electrons. The SMILES string of the molecule is CCNCCn1c(Cc2ccccc2)nc2c1c(=O)n(CCCOC)c(=O)n2CCc1ccc([N+](=O)[O-])cc1. The zero-order chi connectivity index (χ0) is 27.8. The zero-order valence-corrected chi connectivity index (χ0v) is 22.3. The number of hydrogen-bond donors (Lipinski definition) is 1. The molecule has 0 aliphatic carbocycles. The lowest BCUT2D eigenvalue weighted by Gasteiger charge is -2.13. The Morgan fingerprint density at radius 3 is 2.36 bits per heavy atom. The first-order chi connectivity index (χ1) is 18.9. The Morgan fingerprint density at radius 1 is 0.949 bits per heavy atom. The van der Waals surface area contributed by atoms with Crippen molar-refractivity contribution < 1.29 is 9.66 Å². The van der Waals surface area contributed by atoms with Crippen LogP contribution in [0.2, 0.25) is 0 Å². The molecule has 0 saturated heterocycles. The number of nitrogens with zero attached hydrogens (tertiary/aromatic N) is 5. The number of ether oxygens (including phenoxy) is 1. The molecule has 0 bridgehead atoms. The van der Waals surface area contributed by atoms with Gasteiger partial charge in [-0.2, -0.15) is 0 Å². The lowest BCUT2D eigenvalue weighted by molar-refractivity contribution is -0.384. The van der Waals surface area contributed by atoms with Crippen LogP contribution in [0.3, 0.4) is 0 Å². The first kappa shape index (κ1) is 27.9. The minimum Gasteiger partial charge on any atom is -0.385 e. The third kappa shape index (κ3) is 6.50. The van der Waals surface area contributed by atoms with E-state index in [2.05, 4.69) is 5.32 Å². The maximum absolute atomic E-state index is 13.8. The van der Waals surface area contributed by atoms with Gasteiger partial charge < -0.3 is 14.6 Å².